The number of benzene rings is 1. The van der Waals surface area contributed by atoms with Gasteiger partial charge in [0.15, 0.2) is 0 Å². The zero-order valence-corrected chi connectivity index (χ0v) is 14.1. The molecule has 120 valence electrons. The van der Waals surface area contributed by atoms with Crippen LogP contribution in [0.3, 0.4) is 0 Å². The summed E-state index contributed by atoms with van der Waals surface area (Å²) in [5, 5.41) is 0. The van der Waals surface area contributed by atoms with Gasteiger partial charge in [0.25, 0.3) is 0 Å². The molecule has 1 aromatic rings. The molecule has 0 aliphatic carbocycles. The van der Waals surface area contributed by atoms with Crippen LogP contribution in [0.4, 0.5) is 10.5 Å². The highest BCUT2D eigenvalue weighted by Crippen LogP contribution is 2.25. The van der Waals surface area contributed by atoms with Crippen molar-refractivity contribution in [3.63, 3.8) is 0 Å². The summed E-state index contributed by atoms with van der Waals surface area (Å²) in [5.74, 6) is 0. The van der Waals surface area contributed by atoms with Crippen LogP contribution >= 0.6 is 0 Å². The lowest BCUT2D eigenvalue weighted by atomic mass is 10.1. The number of rotatable bonds is 2. The quantitative estimate of drug-likeness (QED) is 0.835. The first-order valence-corrected chi connectivity index (χ1v) is 7.77. The molecule has 4 nitrogen and oxygen atoms in total. The number of hydrogen-bond donors (Lipinski definition) is 0. The maximum absolute atomic E-state index is 12.1. The smallest absolute Gasteiger partial charge is 0.410 e. The van der Waals surface area contributed by atoms with Gasteiger partial charge in [0.05, 0.1) is 0 Å². The van der Waals surface area contributed by atoms with Crippen molar-refractivity contribution in [1.29, 1.82) is 0 Å². The number of anilines is 1. The van der Waals surface area contributed by atoms with Gasteiger partial charge >= 0.3 is 6.09 Å². The van der Waals surface area contributed by atoms with Gasteiger partial charge in [-0.2, -0.15) is 0 Å². The Morgan fingerprint density at radius 3 is 2.41 bits per heavy atom. The SMILES string of the molecule is C=Cc1cccc(N2CCN(C(=O)OC(C)(C)C)CC2)c1C. The third-order valence-corrected chi connectivity index (χ3v) is 3.84. The molecule has 0 atom stereocenters. The summed E-state index contributed by atoms with van der Waals surface area (Å²) in [6.45, 7) is 14.7. The second-order valence-corrected chi connectivity index (χ2v) is 6.65. The molecule has 1 fully saturated rings. The first-order chi connectivity index (χ1) is 10.3. The van der Waals surface area contributed by atoms with Crippen molar-refractivity contribution >= 4 is 17.9 Å². The van der Waals surface area contributed by atoms with Crippen molar-refractivity contribution in [2.75, 3.05) is 31.1 Å². The number of ether oxygens (including phenoxy) is 1. The molecule has 2 rings (SSSR count). The summed E-state index contributed by atoms with van der Waals surface area (Å²) in [6, 6.07) is 6.26. The van der Waals surface area contributed by atoms with E-state index in [1.165, 1.54) is 11.3 Å². The van der Waals surface area contributed by atoms with Crippen LogP contribution in [-0.4, -0.2) is 42.8 Å². The van der Waals surface area contributed by atoms with E-state index in [9.17, 15) is 4.79 Å². The van der Waals surface area contributed by atoms with Crippen molar-refractivity contribution < 1.29 is 9.53 Å². The zero-order chi connectivity index (χ0) is 16.3. The second-order valence-electron chi connectivity index (χ2n) is 6.65. The molecule has 1 aliphatic heterocycles. The fourth-order valence-corrected chi connectivity index (χ4v) is 2.66. The summed E-state index contributed by atoms with van der Waals surface area (Å²) >= 11 is 0. The molecule has 4 heteroatoms. The average Bonchev–Trinajstić information content (AvgIpc) is 2.46. The number of amides is 1. The summed E-state index contributed by atoms with van der Waals surface area (Å²) < 4.78 is 5.43. The zero-order valence-electron chi connectivity index (χ0n) is 14.1. The summed E-state index contributed by atoms with van der Waals surface area (Å²) in [7, 11) is 0. The Labute approximate surface area is 133 Å². The molecule has 0 aromatic heterocycles. The van der Waals surface area contributed by atoms with Crippen LogP contribution < -0.4 is 4.90 Å². The van der Waals surface area contributed by atoms with E-state index in [-0.39, 0.29) is 6.09 Å². The van der Waals surface area contributed by atoms with Crippen molar-refractivity contribution in [3.8, 4) is 0 Å². The molecule has 0 spiro atoms. The largest absolute Gasteiger partial charge is 0.444 e. The van der Waals surface area contributed by atoms with E-state index < -0.39 is 5.60 Å². The molecule has 0 radical (unpaired) electrons. The normalized spacial score (nSPS) is 15.6. The molecular formula is C18H26N2O2. The number of nitrogens with zero attached hydrogens (tertiary/aromatic N) is 2. The summed E-state index contributed by atoms with van der Waals surface area (Å²) in [6.07, 6.45) is 1.67. The van der Waals surface area contributed by atoms with E-state index in [0.29, 0.717) is 13.1 Å². The van der Waals surface area contributed by atoms with Gasteiger partial charge in [0.1, 0.15) is 5.60 Å². The predicted octanol–water partition coefficient (Wildman–Crippen LogP) is 3.70. The highest BCUT2D eigenvalue weighted by atomic mass is 16.6. The van der Waals surface area contributed by atoms with Gasteiger partial charge < -0.3 is 14.5 Å². The molecule has 1 amide bonds. The van der Waals surface area contributed by atoms with Gasteiger partial charge in [-0.1, -0.05) is 24.8 Å². The Morgan fingerprint density at radius 1 is 1.23 bits per heavy atom. The topological polar surface area (TPSA) is 32.8 Å². The van der Waals surface area contributed by atoms with Gasteiger partial charge in [-0.3, -0.25) is 0 Å². The molecule has 1 aliphatic rings. The van der Waals surface area contributed by atoms with Crippen LogP contribution in [0.5, 0.6) is 0 Å². The van der Waals surface area contributed by atoms with Gasteiger partial charge in [-0.15, -0.1) is 0 Å². The Balaban J connectivity index is 2.01. The van der Waals surface area contributed by atoms with Gasteiger partial charge in [-0.25, -0.2) is 4.79 Å². The van der Waals surface area contributed by atoms with Crippen LogP contribution in [0.15, 0.2) is 24.8 Å². The number of piperazine rings is 1. The molecule has 1 aromatic carbocycles. The van der Waals surface area contributed by atoms with Crippen LogP contribution in [0.25, 0.3) is 6.08 Å². The Morgan fingerprint density at radius 2 is 1.86 bits per heavy atom. The first kappa shape index (κ1) is 16.4. The molecule has 0 unspecified atom stereocenters. The summed E-state index contributed by atoms with van der Waals surface area (Å²) in [5.41, 5.74) is 3.18. The fourth-order valence-electron chi connectivity index (χ4n) is 2.66. The Hall–Kier alpha value is -1.97. The highest BCUT2D eigenvalue weighted by molar-refractivity contribution is 5.69. The maximum Gasteiger partial charge on any atom is 0.410 e. The van der Waals surface area contributed by atoms with Crippen molar-refractivity contribution in [2.24, 2.45) is 0 Å². The van der Waals surface area contributed by atoms with E-state index in [4.69, 9.17) is 4.74 Å². The van der Waals surface area contributed by atoms with E-state index >= 15 is 0 Å². The lowest BCUT2D eigenvalue weighted by molar-refractivity contribution is 0.0240. The van der Waals surface area contributed by atoms with Crippen LogP contribution in [0.1, 0.15) is 31.9 Å². The molecule has 0 N–H and O–H groups in total. The number of hydrogen-bond acceptors (Lipinski definition) is 3. The second kappa shape index (κ2) is 6.42. The molecule has 1 saturated heterocycles. The minimum atomic E-state index is -0.441. The van der Waals surface area contributed by atoms with Crippen LogP contribution in [0, 0.1) is 6.92 Å². The third kappa shape index (κ3) is 3.81. The minimum absolute atomic E-state index is 0.219. The minimum Gasteiger partial charge on any atom is -0.444 e. The van der Waals surface area contributed by atoms with E-state index in [2.05, 4.69) is 36.6 Å². The lowest BCUT2D eigenvalue weighted by Gasteiger charge is -2.37. The highest BCUT2D eigenvalue weighted by Gasteiger charge is 2.26. The molecule has 0 saturated carbocycles. The number of carbonyl (C=O) groups is 1. The monoisotopic (exact) mass is 302 g/mol. The molecule has 0 bridgehead atoms. The van der Waals surface area contributed by atoms with Gasteiger partial charge in [0, 0.05) is 31.9 Å². The van der Waals surface area contributed by atoms with Gasteiger partial charge in [-0.05, 0) is 44.9 Å². The van der Waals surface area contributed by atoms with Crippen LogP contribution in [0.2, 0.25) is 0 Å². The van der Waals surface area contributed by atoms with Crippen LogP contribution in [-0.2, 0) is 4.74 Å². The van der Waals surface area contributed by atoms with Gasteiger partial charge in [0.2, 0.25) is 0 Å². The Bertz CT molecular complexity index is 553. The van der Waals surface area contributed by atoms with E-state index in [1.54, 1.807) is 4.90 Å². The van der Waals surface area contributed by atoms with Crippen molar-refractivity contribution in [1.82, 2.24) is 4.90 Å². The van der Waals surface area contributed by atoms with Crippen molar-refractivity contribution in [2.45, 2.75) is 33.3 Å². The lowest BCUT2D eigenvalue weighted by Crippen LogP contribution is -2.50. The van der Waals surface area contributed by atoms with E-state index in [1.807, 2.05) is 26.8 Å². The average molecular weight is 302 g/mol. The third-order valence-electron chi connectivity index (χ3n) is 3.84. The molecule has 1 heterocycles. The predicted molar refractivity (Wildman–Crippen MR) is 91.3 cm³/mol. The Kier molecular flexibility index (Phi) is 4.79. The standard InChI is InChI=1S/C18H26N2O2/c1-6-15-8-7-9-16(14(15)2)19-10-12-20(13-11-19)17(21)22-18(3,4)5/h6-9H,1,10-13H2,2-5H3. The first-order valence-electron chi connectivity index (χ1n) is 7.77. The maximum atomic E-state index is 12.1. The number of carbonyl (C=O) groups excluding carboxylic acids is 1. The molecule has 22 heavy (non-hydrogen) atoms. The van der Waals surface area contributed by atoms with E-state index in [0.717, 1.165) is 18.7 Å². The molecular weight excluding hydrogens is 276 g/mol. The summed E-state index contributed by atoms with van der Waals surface area (Å²) in [4.78, 5) is 16.2. The fraction of sp³-hybridized carbons (Fsp3) is 0.500. The van der Waals surface area contributed by atoms with Crippen molar-refractivity contribution in [3.05, 3.63) is 35.9 Å².